The summed E-state index contributed by atoms with van der Waals surface area (Å²) in [6.45, 7) is 6.78. The molecule has 19 aromatic carbocycles. The van der Waals surface area contributed by atoms with Gasteiger partial charge in [-0.3, -0.25) is 0 Å². The lowest BCUT2D eigenvalue weighted by Crippen LogP contribution is -2.61. The van der Waals surface area contributed by atoms with Crippen LogP contribution in [-0.2, 0) is 16.2 Å². The summed E-state index contributed by atoms with van der Waals surface area (Å²) in [5.41, 5.74) is 36.6. The van der Waals surface area contributed by atoms with Crippen LogP contribution in [0.5, 0.6) is 0 Å². The van der Waals surface area contributed by atoms with Crippen LogP contribution in [0.25, 0.3) is 88.4 Å². The van der Waals surface area contributed by atoms with Gasteiger partial charge in [0.05, 0.1) is 55.7 Å². The normalized spacial score (nSPS) is 13.8. The molecule has 25 rings (SSSR count). The van der Waals surface area contributed by atoms with Crippen LogP contribution in [0, 0.1) is 0 Å². The monoisotopic (exact) mass is 1620 g/mol. The molecule has 127 heavy (non-hydrogen) atoms. The van der Waals surface area contributed by atoms with Gasteiger partial charge in [0.1, 0.15) is 22.3 Å². The van der Waals surface area contributed by atoms with Gasteiger partial charge >= 0.3 is 0 Å². The number of fused-ring (bicyclic) bond motifs is 14. The first-order chi connectivity index (χ1) is 62.7. The Kier molecular flexibility index (Phi) is 16.7. The highest BCUT2D eigenvalue weighted by molar-refractivity contribution is 7.00. The SMILES string of the molecule is CC(C)(C)c1cc2c3c(c1)N(c1c(-c4ccccc4)cc(-c4ccccc4)c4oc5ccccc5c14)c1cc(N4c5ccccc5C(c5ccccc5)(c5ccccc5)c5ccccc54)ccc1B3c1ccc(N3c4ccccc4C(c4ccccc4)(c4ccccc4)c4ccccc43)cc1N2c1c(-c2ccccc2)cc(-c2ccccc2)c2oc3ccccc3c12. The summed E-state index contributed by atoms with van der Waals surface area (Å²) in [5.74, 6) is 0. The largest absolute Gasteiger partial charge is 0.455 e. The van der Waals surface area contributed by atoms with E-state index in [1.165, 1.54) is 50.0 Å². The Labute approximate surface area is 739 Å². The second-order valence-corrected chi connectivity index (χ2v) is 35.2. The molecule has 7 heteroatoms. The number of para-hydroxylation sites is 6. The lowest BCUT2D eigenvalue weighted by molar-refractivity contribution is 0.590. The van der Waals surface area contributed by atoms with Crippen molar-refractivity contribution >= 4 is 135 Å². The molecule has 0 saturated carbocycles. The molecular formula is C120H83BN4O2. The molecule has 0 saturated heterocycles. The molecule has 0 radical (unpaired) electrons. The first kappa shape index (κ1) is 73.7. The van der Waals surface area contributed by atoms with Crippen LogP contribution in [0.3, 0.4) is 0 Å². The highest BCUT2D eigenvalue weighted by Crippen LogP contribution is 2.63. The summed E-state index contributed by atoms with van der Waals surface area (Å²) in [6.07, 6.45) is 0. The fourth-order valence-corrected chi connectivity index (χ4v) is 22.1. The molecular weight excluding hydrogens is 1540 g/mol. The van der Waals surface area contributed by atoms with Crippen molar-refractivity contribution < 1.29 is 8.83 Å². The number of rotatable bonds is 12. The predicted octanol–water partition coefficient (Wildman–Crippen LogP) is 29.9. The molecule has 0 N–H and O–H groups in total. The summed E-state index contributed by atoms with van der Waals surface area (Å²) in [6, 6.07) is 168. The Balaban J connectivity index is 0.841. The van der Waals surface area contributed by atoms with Gasteiger partial charge in [-0.15, -0.1) is 0 Å². The third-order valence-electron chi connectivity index (χ3n) is 27.5. The fraction of sp³-hybridized carbons (Fsp3) is 0.0500. The maximum atomic E-state index is 7.57. The topological polar surface area (TPSA) is 39.2 Å². The third kappa shape index (κ3) is 11.0. The summed E-state index contributed by atoms with van der Waals surface area (Å²) >= 11 is 0. The lowest BCUT2D eigenvalue weighted by Gasteiger charge is -2.48. The van der Waals surface area contributed by atoms with Crippen molar-refractivity contribution in [3.8, 4) is 44.5 Å². The van der Waals surface area contributed by atoms with Gasteiger partial charge in [0, 0.05) is 67.2 Å². The Morgan fingerprint density at radius 2 is 0.528 bits per heavy atom. The maximum Gasteiger partial charge on any atom is 0.252 e. The van der Waals surface area contributed by atoms with Crippen molar-refractivity contribution in [2.75, 3.05) is 19.6 Å². The maximum absolute atomic E-state index is 7.57. The summed E-state index contributed by atoms with van der Waals surface area (Å²) in [5, 5.41) is 4.07. The van der Waals surface area contributed by atoms with Gasteiger partial charge in [0.2, 0.25) is 0 Å². The average molecular weight is 1620 g/mol. The zero-order valence-corrected chi connectivity index (χ0v) is 70.4. The van der Waals surface area contributed by atoms with E-state index in [9.17, 15) is 0 Å². The summed E-state index contributed by atoms with van der Waals surface area (Å²) in [7, 11) is 0. The Morgan fingerprint density at radius 1 is 0.244 bits per heavy atom. The number of benzene rings is 19. The zero-order valence-electron chi connectivity index (χ0n) is 70.4. The quantitative estimate of drug-likeness (QED) is 0.114. The fourth-order valence-electron chi connectivity index (χ4n) is 22.1. The second kappa shape index (κ2) is 28.8. The second-order valence-electron chi connectivity index (χ2n) is 35.2. The van der Waals surface area contributed by atoms with Gasteiger partial charge in [0.15, 0.2) is 0 Å². The molecule has 2 aromatic heterocycles. The van der Waals surface area contributed by atoms with Gasteiger partial charge in [-0.05, 0) is 179 Å². The van der Waals surface area contributed by atoms with Crippen molar-refractivity contribution in [2.45, 2.75) is 37.0 Å². The standard InChI is InChI=1S/C120H83BN4O2/c1-118(2,3)86-72-107-113-108(73-86)125(115-92(79-42-14-5-15-43-79)77-94(81-46-18-7-19-47-81)117-112(115)90-57-29-39-67-110(90)127-117)106-75-88(123-103-64-36-32-60-97(103)120(84-52-24-10-25-53-84,85-54-26-11-27-55-85)98-61-33-37-65-104(98)123)69-71-100(106)121(113)99-70-68-87(122-101-62-34-30-58-95(101)119(82-48-20-8-21-49-82,83-50-22-9-23-51-83)96-59-31-35-63-102(96)122)74-105(99)124(107)114-91(78-40-12-4-13-41-78)76-93(80-44-16-6-17-45-80)116-111(114)89-56-28-38-66-109(89)126-116/h4-77H,1-3H3. The molecule has 0 fully saturated rings. The van der Waals surface area contributed by atoms with Gasteiger partial charge in [-0.2, -0.15) is 0 Å². The zero-order chi connectivity index (χ0) is 84.2. The van der Waals surface area contributed by atoms with Crippen LogP contribution in [0.15, 0.2) is 458 Å². The molecule has 0 unspecified atom stereocenters. The Hall–Kier alpha value is -16.0. The van der Waals surface area contributed by atoms with E-state index in [1.807, 2.05) is 0 Å². The highest BCUT2D eigenvalue weighted by Gasteiger charge is 2.52. The molecule has 598 valence electrons. The third-order valence-corrected chi connectivity index (χ3v) is 27.5. The molecule has 0 spiro atoms. The van der Waals surface area contributed by atoms with Crippen LogP contribution < -0.4 is 36.0 Å². The van der Waals surface area contributed by atoms with E-state index in [0.717, 1.165) is 173 Å². The van der Waals surface area contributed by atoms with E-state index < -0.39 is 23.0 Å². The number of hydrogen-bond acceptors (Lipinski definition) is 6. The molecule has 0 bridgehead atoms. The predicted molar refractivity (Wildman–Crippen MR) is 529 cm³/mol. The van der Waals surface area contributed by atoms with E-state index in [0.29, 0.717) is 0 Å². The molecule has 4 aliphatic heterocycles. The van der Waals surface area contributed by atoms with Gasteiger partial charge in [-0.25, -0.2) is 0 Å². The molecule has 0 atom stereocenters. The Morgan fingerprint density at radius 3 is 0.850 bits per heavy atom. The molecule has 0 aliphatic carbocycles. The molecule has 21 aromatic rings. The van der Waals surface area contributed by atoms with E-state index in [1.54, 1.807) is 0 Å². The van der Waals surface area contributed by atoms with Crippen LogP contribution in [0.4, 0.5) is 68.2 Å². The van der Waals surface area contributed by atoms with Crippen molar-refractivity contribution in [1.82, 2.24) is 0 Å². The van der Waals surface area contributed by atoms with E-state index in [4.69, 9.17) is 8.83 Å². The highest BCUT2D eigenvalue weighted by atomic mass is 16.3. The van der Waals surface area contributed by atoms with E-state index in [2.05, 4.69) is 489 Å². The average Bonchev–Trinajstić information content (AvgIpc) is 1.48. The molecule has 6 nitrogen and oxygen atoms in total. The Bertz CT molecular complexity index is 7310. The molecule has 4 aliphatic rings. The van der Waals surface area contributed by atoms with Crippen molar-refractivity contribution in [3.05, 3.63) is 499 Å². The number of anilines is 12. The summed E-state index contributed by atoms with van der Waals surface area (Å²) in [4.78, 5) is 10.5. The lowest BCUT2D eigenvalue weighted by atomic mass is 9.33. The van der Waals surface area contributed by atoms with Crippen LogP contribution in [-0.4, -0.2) is 6.71 Å². The first-order valence-corrected chi connectivity index (χ1v) is 44.2. The van der Waals surface area contributed by atoms with Gasteiger partial charge < -0.3 is 28.4 Å². The van der Waals surface area contributed by atoms with Gasteiger partial charge in [-0.1, -0.05) is 385 Å². The smallest absolute Gasteiger partial charge is 0.252 e. The van der Waals surface area contributed by atoms with Crippen molar-refractivity contribution in [3.63, 3.8) is 0 Å². The number of furan rings is 2. The molecule has 0 amide bonds. The first-order valence-electron chi connectivity index (χ1n) is 44.2. The van der Waals surface area contributed by atoms with Crippen molar-refractivity contribution in [1.29, 1.82) is 0 Å². The minimum absolute atomic E-state index is 0.394. The molecule has 6 heterocycles. The summed E-state index contributed by atoms with van der Waals surface area (Å²) < 4.78 is 15.1. The minimum atomic E-state index is -0.706. The van der Waals surface area contributed by atoms with Crippen LogP contribution >= 0.6 is 0 Å². The van der Waals surface area contributed by atoms with Gasteiger partial charge in [0.25, 0.3) is 6.71 Å². The number of hydrogen-bond donors (Lipinski definition) is 0. The number of nitrogens with zero attached hydrogens (tertiary/aromatic N) is 4. The van der Waals surface area contributed by atoms with Crippen LogP contribution in [0.1, 0.15) is 70.8 Å². The van der Waals surface area contributed by atoms with E-state index in [-0.39, 0.29) is 0 Å². The van der Waals surface area contributed by atoms with Crippen molar-refractivity contribution in [2.24, 2.45) is 0 Å². The van der Waals surface area contributed by atoms with E-state index >= 15 is 0 Å². The van der Waals surface area contributed by atoms with Crippen LogP contribution in [0.2, 0.25) is 0 Å². The minimum Gasteiger partial charge on any atom is -0.455 e.